The molecule has 0 fully saturated rings. The van der Waals surface area contributed by atoms with Gasteiger partial charge >= 0.3 is 0 Å². The molecule has 1 aromatic carbocycles. The SMILES string of the molecule is O=C(NCc1ccccc1)c1ccnc(-c2ccccn2)n1. The van der Waals surface area contributed by atoms with Gasteiger partial charge < -0.3 is 5.32 Å². The van der Waals surface area contributed by atoms with Gasteiger partial charge in [-0.2, -0.15) is 0 Å². The number of carbonyl (C=O) groups is 1. The molecule has 22 heavy (non-hydrogen) atoms. The minimum atomic E-state index is -0.233. The average molecular weight is 290 g/mol. The molecule has 0 saturated heterocycles. The first-order chi connectivity index (χ1) is 10.8. The van der Waals surface area contributed by atoms with Crippen molar-refractivity contribution in [3.05, 3.63) is 78.2 Å². The van der Waals surface area contributed by atoms with E-state index in [1.54, 1.807) is 24.5 Å². The van der Waals surface area contributed by atoms with Gasteiger partial charge in [-0.1, -0.05) is 36.4 Å². The normalized spacial score (nSPS) is 10.2. The lowest BCUT2D eigenvalue weighted by atomic mass is 10.2. The summed E-state index contributed by atoms with van der Waals surface area (Å²) in [5.74, 6) is 0.205. The smallest absolute Gasteiger partial charge is 0.270 e. The number of pyridine rings is 1. The third kappa shape index (κ3) is 3.32. The third-order valence-electron chi connectivity index (χ3n) is 3.08. The Bertz CT molecular complexity index is 760. The van der Waals surface area contributed by atoms with Crippen molar-refractivity contribution in [3.63, 3.8) is 0 Å². The minimum Gasteiger partial charge on any atom is -0.347 e. The Labute approximate surface area is 128 Å². The number of hydrogen-bond acceptors (Lipinski definition) is 4. The molecule has 0 spiro atoms. The van der Waals surface area contributed by atoms with E-state index in [2.05, 4.69) is 20.3 Å². The molecule has 1 amide bonds. The van der Waals surface area contributed by atoms with Gasteiger partial charge in [0.25, 0.3) is 5.91 Å². The molecule has 0 aliphatic rings. The Hall–Kier alpha value is -3.08. The second kappa shape index (κ2) is 6.58. The number of aromatic nitrogens is 3. The monoisotopic (exact) mass is 290 g/mol. The van der Waals surface area contributed by atoms with E-state index >= 15 is 0 Å². The van der Waals surface area contributed by atoms with E-state index in [0.717, 1.165) is 5.56 Å². The summed E-state index contributed by atoms with van der Waals surface area (Å²) in [4.78, 5) is 24.8. The predicted octanol–water partition coefficient (Wildman–Crippen LogP) is 2.47. The molecule has 3 rings (SSSR count). The van der Waals surface area contributed by atoms with Gasteiger partial charge in [-0.3, -0.25) is 9.78 Å². The molecule has 3 aromatic rings. The number of benzene rings is 1. The lowest BCUT2D eigenvalue weighted by Crippen LogP contribution is -2.24. The fraction of sp³-hybridized carbons (Fsp3) is 0.0588. The maximum absolute atomic E-state index is 12.2. The van der Waals surface area contributed by atoms with Crippen LogP contribution in [0.25, 0.3) is 11.5 Å². The van der Waals surface area contributed by atoms with Crippen molar-refractivity contribution in [1.82, 2.24) is 20.3 Å². The van der Waals surface area contributed by atoms with Gasteiger partial charge in [-0.15, -0.1) is 0 Å². The van der Waals surface area contributed by atoms with E-state index in [1.807, 2.05) is 42.5 Å². The van der Waals surface area contributed by atoms with Crippen molar-refractivity contribution in [2.75, 3.05) is 0 Å². The largest absolute Gasteiger partial charge is 0.347 e. The number of hydrogen-bond donors (Lipinski definition) is 1. The molecule has 0 saturated carbocycles. The Morgan fingerprint density at radius 3 is 2.50 bits per heavy atom. The first-order valence-electron chi connectivity index (χ1n) is 6.89. The van der Waals surface area contributed by atoms with Gasteiger partial charge in [-0.05, 0) is 23.8 Å². The summed E-state index contributed by atoms with van der Waals surface area (Å²) in [5, 5.41) is 2.84. The second-order valence-corrected chi connectivity index (χ2v) is 4.65. The Morgan fingerprint density at radius 2 is 1.73 bits per heavy atom. The molecule has 2 aromatic heterocycles. The second-order valence-electron chi connectivity index (χ2n) is 4.65. The molecule has 108 valence electrons. The first-order valence-corrected chi connectivity index (χ1v) is 6.89. The van der Waals surface area contributed by atoms with Crippen LogP contribution in [-0.2, 0) is 6.54 Å². The lowest BCUT2D eigenvalue weighted by Gasteiger charge is -2.06. The highest BCUT2D eigenvalue weighted by Gasteiger charge is 2.10. The van der Waals surface area contributed by atoms with Crippen LogP contribution in [-0.4, -0.2) is 20.9 Å². The van der Waals surface area contributed by atoms with Gasteiger partial charge in [0.1, 0.15) is 11.4 Å². The van der Waals surface area contributed by atoms with E-state index < -0.39 is 0 Å². The fourth-order valence-electron chi connectivity index (χ4n) is 1.97. The van der Waals surface area contributed by atoms with Crippen LogP contribution in [0.15, 0.2) is 67.0 Å². The van der Waals surface area contributed by atoms with Gasteiger partial charge in [0, 0.05) is 18.9 Å². The molecule has 1 N–H and O–H groups in total. The first kappa shape index (κ1) is 13.9. The highest BCUT2D eigenvalue weighted by Crippen LogP contribution is 2.10. The molecule has 0 aliphatic carbocycles. The van der Waals surface area contributed by atoms with Crippen LogP contribution < -0.4 is 5.32 Å². The van der Waals surface area contributed by atoms with Crippen LogP contribution in [0.4, 0.5) is 0 Å². The van der Waals surface area contributed by atoms with Crippen molar-refractivity contribution in [2.24, 2.45) is 0 Å². The zero-order valence-corrected chi connectivity index (χ0v) is 11.8. The number of amides is 1. The molecule has 0 bridgehead atoms. The summed E-state index contributed by atoms with van der Waals surface area (Å²) in [6.45, 7) is 0.461. The van der Waals surface area contributed by atoms with Crippen molar-refractivity contribution < 1.29 is 4.79 Å². The van der Waals surface area contributed by atoms with Crippen molar-refractivity contribution in [2.45, 2.75) is 6.54 Å². The van der Waals surface area contributed by atoms with Gasteiger partial charge in [0.05, 0.1) is 0 Å². The summed E-state index contributed by atoms with van der Waals surface area (Å²) in [6.07, 6.45) is 3.23. The predicted molar refractivity (Wildman–Crippen MR) is 82.9 cm³/mol. The maximum atomic E-state index is 12.2. The summed E-state index contributed by atoms with van der Waals surface area (Å²) >= 11 is 0. The van der Waals surface area contributed by atoms with Crippen LogP contribution >= 0.6 is 0 Å². The average Bonchev–Trinajstić information content (AvgIpc) is 2.61. The Morgan fingerprint density at radius 1 is 0.909 bits per heavy atom. The zero-order valence-electron chi connectivity index (χ0n) is 11.8. The molecular weight excluding hydrogens is 276 g/mol. The number of nitrogens with one attached hydrogen (secondary N) is 1. The molecule has 0 atom stereocenters. The molecule has 5 heteroatoms. The van der Waals surface area contributed by atoms with Gasteiger partial charge in [-0.25, -0.2) is 9.97 Å². The van der Waals surface area contributed by atoms with Crippen molar-refractivity contribution >= 4 is 5.91 Å². The molecule has 0 aliphatic heterocycles. The maximum Gasteiger partial charge on any atom is 0.270 e. The molecular formula is C17H14N4O. The Kier molecular flexibility index (Phi) is 4.15. The molecule has 2 heterocycles. The van der Waals surface area contributed by atoms with Crippen molar-refractivity contribution in [1.29, 1.82) is 0 Å². The van der Waals surface area contributed by atoms with Crippen molar-refractivity contribution in [3.8, 4) is 11.5 Å². The van der Waals surface area contributed by atoms with Gasteiger partial charge in [0.15, 0.2) is 5.82 Å². The molecule has 0 unspecified atom stereocenters. The van der Waals surface area contributed by atoms with Crippen LogP contribution in [0, 0.1) is 0 Å². The number of nitrogens with zero attached hydrogens (tertiary/aromatic N) is 3. The highest BCUT2D eigenvalue weighted by molar-refractivity contribution is 5.92. The Balaban J connectivity index is 1.73. The molecule has 5 nitrogen and oxygen atoms in total. The van der Waals surface area contributed by atoms with Crippen LogP contribution in [0.1, 0.15) is 16.1 Å². The highest BCUT2D eigenvalue weighted by atomic mass is 16.1. The van der Waals surface area contributed by atoms with E-state index in [9.17, 15) is 4.79 Å². The minimum absolute atomic E-state index is 0.233. The summed E-state index contributed by atoms with van der Waals surface area (Å²) < 4.78 is 0. The molecule has 0 radical (unpaired) electrons. The standard InChI is InChI=1S/C17H14N4O/c22-17(20-12-13-6-2-1-3-7-13)15-9-11-19-16(21-15)14-8-4-5-10-18-14/h1-11H,12H2,(H,20,22). The van der Waals surface area contributed by atoms with E-state index in [-0.39, 0.29) is 5.91 Å². The summed E-state index contributed by atoms with van der Waals surface area (Å²) in [5.41, 5.74) is 2.00. The topological polar surface area (TPSA) is 67.8 Å². The lowest BCUT2D eigenvalue weighted by molar-refractivity contribution is 0.0946. The third-order valence-corrected chi connectivity index (χ3v) is 3.08. The number of carbonyl (C=O) groups excluding carboxylic acids is 1. The summed E-state index contributed by atoms with van der Waals surface area (Å²) in [6, 6.07) is 16.8. The van der Waals surface area contributed by atoms with Gasteiger partial charge in [0.2, 0.25) is 0 Å². The van der Waals surface area contributed by atoms with Crippen LogP contribution in [0.2, 0.25) is 0 Å². The van der Waals surface area contributed by atoms with E-state index in [0.29, 0.717) is 23.8 Å². The van der Waals surface area contributed by atoms with Crippen LogP contribution in [0.5, 0.6) is 0 Å². The quantitative estimate of drug-likeness (QED) is 0.801. The summed E-state index contributed by atoms with van der Waals surface area (Å²) in [7, 11) is 0. The fourth-order valence-corrected chi connectivity index (χ4v) is 1.97. The zero-order chi connectivity index (χ0) is 15.2. The number of rotatable bonds is 4. The van der Waals surface area contributed by atoms with E-state index in [4.69, 9.17) is 0 Å². The van der Waals surface area contributed by atoms with E-state index in [1.165, 1.54) is 0 Å². The van der Waals surface area contributed by atoms with Crippen LogP contribution in [0.3, 0.4) is 0 Å².